The van der Waals surface area contributed by atoms with Gasteiger partial charge in [-0.25, -0.2) is 4.98 Å². The normalized spacial score (nSPS) is 11.0. The van der Waals surface area contributed by atoms with Crippen molar-refractivity contribution in [2.24, 2.45) is 11.5 Å². The van der Waals surface area contributed by atoms with E-state index in [1.54, 1.807) is 7.11 Å². The van der Waals surface area contributed by atoms with Gasteiger partial charge in [0.15, 0.2) is 0 Å². The number of nitrogens with two attached hydrogens (primary N) is 2. The van der Waals surface area contributed by atoms with E-state index in [9.17, 15) is 9.59 Å². The van der Waals surface area contributed by atoms with Gasteiger partial charge in [-0.05, 0) is 71.0 Å². The molecule has 1 aromatic heterocycles. The minimum atomic E-state index is -0.106. The molecule has 0 atom stereocenters. The Morgan fingerprint density at radius 3 is 2.19 bits per heavy atom. The molecule has 0 fully saturated rings. The van der Waals surface area contributed by atoms with Crippen LogP contribution in [0, 0.1) is 5.41 Å². The third-order valence-corrected chi connectivity index (χ3v) is 9.49. The molecule has 0 saturated heterocycles. The number of hydrogen-bond acceptors (Lipinski definition) is 6. The van der Waals surface area contributed by atoms with E-state index in [2.05, 4.69) is 9.88 Å². The van der Waals surface area contributed by atoms with Crippen molar-refractivity contribution in [2.75, 3.05) is 13.7 Å². The number of nitrogens with one attached hydrogen (secondary N) is 2. The average molecular weight is 722 g/mol. The first-order valence-electron chi connectivity index (χ1n) is 18.2. The molecule has 276 valence electrons. The number of rotatable bonds is 17. The predicted molar refractivity (Wildman–Crippen MR) is 213 cm³/mol. The molecular formula is C44H47N7O3. The van der Waals surface area contributed by atoms with E-state index in [1.165, 1.54) is 0 Å². The van der Waals surface area contributed by atoms with Crippen LogP contribution in [-0.2, 0) is 50.2 Å². The van der Waals surface area contributed by atoms with Gasteiger partial charge in [0.1, 0.15) is 17.4 Å². The molecule has 54 heavy (non-hydrogen) atoms. The number of methoxy groups -OCH3 is 1. The number of nitrogens with zero attached hydrogens (tertiary/aromatic N) is 3. The molecule has 10 nitrogen and oxygen atoms in total. The van der Waals surface area contributed by atoms with E-state index in [4.69, 9.17) is 26.6 Å². The van der Waals surface area contributed by atoms with Gasteiger partial charge in [0.25, 0.3) is 5.91 Å². The van der Waals surface area contributed by atoms with Crippen LogP contribution >= 0.6 is 0 Å². The third kappa shape index (κ3) is 9.78. The monoisotopic (exact) mass is 721 g/mol. The van der Waals surface area contributed by atoms with Crippen LogP contribution in [0.15, 0.2) is 121 Å². The molecule has 0 aliphatic heterocycles. The minimum Gasteiger partial charge on any atom is -0.497 e. The van der Waals surface area contributed by atoms with Crippen LogP contribution in [0.1, 0.15) is 56.0 Å². The van der Waals surface area contributed by atoms with Gasteiger partial charge in [0.05, 0.1) is 24.6 Å². The number of carbonyl (C=O) groups is 2. The molecule has 0 unspecified atom stereocenters. The topological polar surface area (TPSA) is 152 Å². The number of aromatic nitrogens is 2. The number of fused-ring (bicyclic) bond motifs is 1. The molecule has 5 aromatic carbocycles. The van der Waals surface area contributed by atoms with Gasteiger partial charge in [-0.2, -0.15) is 0 Å². The maximum absolute atomic E-state index is 14.3. The fraction of sp³-hybridized carbons (Fsp3) is 0.227. The average Bonchev–Trinajstić information content (AvgIpc) is 3.55. The highest BCUT2D eigenvalue weighted by Gasteiger charge is 2.20. The van der Waals surface area contributed by atoms with E-state index < -0.39 is 0 Å². The highest BCUT2D eigenvalue weighted by Crippen LogP contribution is 2.24. The lowest BCUT2D eigenvalue weighted by atomic mass is 10.1. The fourth-order valence-electron chi connectivity index (χ4n) is 6.54. The highest BCUT2D eigenvalue weighted by atomic mass is 16.5. The van der Waals surface area contributed by atoms with Crippen molar-refractivity contribution in [3.63, 3.8) is 0 Å². The van der Waals surface area contributed by atoms with Gasteiger partial charge in [-0.15, -0.1) is 0 Å². The summed E-state index contributed by atoms with van der Waals surface area (Å²) in [4.78, 5) is 33.9. The number of aryl methyl sites for hydroxylation is 3. The third-order valence-electron chi connectivity index (χ3n) is 9.49. The zero-order chi connectivity index (χ0) is 37.9. The molecule has 6 rings (SSSR count). The highest BCUT2D eigenvalue weighted by molar-refractivity contribution is 5.97. The zero-order valence-corrected chi connectivity index (χ0v) is 30.6. The summed E-state index contributed by atoms with van der Waals surface area (Å²) >= 11 is 0. The smallest absolute Gasteiger partial charge is 0.254 e. The summed E-state index contributed by atoms with van der Waals surface area (Å²) in [6.07, 6.45) is 2.45. The molecular weight excluding hydrogens is 675 g/mol. The van der Waals surface area contributed by atoms with Crippen LogP contribution in [-0.4, -0.2) is 45.8 Å². The Morgan fingerprint density at radius 2 is 1.46 bits per heavy atom. The Kier molecular flexibility index (Phi) is 12.5. The van der Waals surface area contributed by atoms with E-state index in [-0.39, 0.29) is 17.6 Å². The minimum absolute atomic E-state index is 0.0112. The van der Waals surface area contributed by atoms with Crippen LogP contribution in [0.2, 0.25) is 0 Å². The first kappa shape index (κ1) is 37.5. The van der Waals surface area contributed by atoms with Gasteiger partial charge >= 0.3 is 0 Å². The lowest BCUT2D eigenvalue weighted by Gasteiger charge is -2.24. The molecule has 1 heterocycles. The van der Waals surface area contributed by atoms with Gasteiger partial charge in [0, 0.05) is 50.3 Å². The Hall–Kier alpha value is -6.26. The van der Waals surface area contributed by atoms with Gasteiger partial charge in [0.2, 0.25) is 5.91 Å². The molecule has 0 aliphatic rings. The fourth-order valence-corrected chi connectivity index (χ4v) is 6.54. The van der Waals surface area contributed by atoms with Crippen molar-refractivity contribution in [3.05, 3.63) is 166 Å². The molecule has 0 bridgehead atoms. The predicted octanol–water partition coefficient (Wildman–Crippen LogP) is 6.16. The quantitative estimate of drug-likeness (QED) is 0.0503. The first-order chi connectivity index (χ1) is 26.3. The van der Waals surface area contributed by atoms with Crippen LogP contribution in [0.4, 0.5) is 0 Å². The Morgan fingerprint density at radius 1 is 0.778 bits per heavy atom. The van der Waals surface area contributed by atoms with Crippen LogP contribution < -0.4 is 21.5 Å². The van der Waals surface area contributed by atoms with E-state index in [0.717, 1.165) is 56.8 Å². The summed E-state index contributed by atoms with van der Waals surface area (Å²) in [6, 6.07) is 39.0. The summed E-state index contributed by atoms with van der Waals surface area (Å²) in [5, 5.41) is 10.8. The second-order valence-electron chi connectivity index (χ2n) is 13.4. The van der Waals surface area contributed by atoms with Crippen LogP contribution in [0.25, 0.3) is 11.0 Å². The molecule has 2 amide bonds. The number of imidazole rings is 1. The lowest BCUT2D eigenvalue weighted by molar-refractivity contribution is -0.120. The van der Waals surface area contributed by atoms with Gasteiger partial charge in [-0.1, -0.05) is 91.0 Å². The van der Waals surface area contributed by atoms with Crippen molar-refractivity contribution in [2.45, 2.75) is 51.9 Å². The Balaban J connectivity index is 1.24. The molecule has 6 aromatic rings. The van der Waals surface area contributed by atoms with Crippen LogP contribution in [0.5, 0.6) is 5.75 Å². The first-order valence-corrected chi connectivity index (χ1v) is 18.2. The maximum atomic E-state index is 14.3. The van der Waals surface area contributed by atoms with Gasteiger partial charge in [-0.3, -0.25) is 15.0 Å². The van der Waals surface area contributed by atoms with Crippen molar-refractivity contribution >= 4 is 28.7 Å². The van der Waals surface area contributed by atoms with Crippen molar-refractivity contribution < 1.29 is 14.3 Å². The molecule has 0 aliphatic carbocycles. The Bertz CT molecular complexity index is 2200. The summed E-state index contributed by atoms with van der Waals surface area (Å²) < 4.78 is 7.66. The molecule has 10 heteroatoms. The second kappa shape index (κ2) is 18.0. The summed E-state index contributed by atoms with van der Waals surface area (Å²) in [7, 11) is 1.63. The van der Waals surface area contributed by atoms with Crippen molar-refractivity contribution in [1.29, 1.82) is 5.41 Å². The van der Waals surface area contributed by atoms with Crippen LogP contribution in [0.3, 0.4) is 0 Å². The molecule has 6 N–H and O–H groups in total. The molecule has 0 spiro atoms. The SMILES string of the molecule is COc1cccc(CN(Cc2ccc(CN)cc2)C(=O)c2ccc3c(c2)nc(CCc2ccc(C(=N)N)cc2)n3CCCNC(=O)Cc2ccccc2)c1. The Labute approximate surface area is 316 Å². The summed E-state index contributed by atoms with van der Waals surface area (Å²) in [5.74, 6) is 1.55. The zero-order valence-electron chi connectivity index (χ0n) is 30.6. The van der Waals surface area contributed by atoms with Gasteiger partial charge < -0.3 is 31.0 Å². The molecule has 0 saturated carbocycles. The second-order valence-corrected chi connectivity index (χ2v) is 13.4. The van der Waals surface area contributed by atoms with E-state index in [0.29, 0.717) is 63.1 Å². The number of ether oxygens (including phenoxy) is 1. The molecule has 0 radical (unpaired) electrons. The number of hydrogen-bond donors (Lipinski definition) is 4. The number of nitrogen functional groups attached to an aromatic ring is 1. The standard InChI is InChI=1S/C44H47N7O3/c1-54-38-10-5-9-35(25-38)30-50(29-34-13-11-33(28-45)12-14-34)44(53)37-20-21-40-39(27-37)49-41(22-17-31-15-18-36(19-16-31)43(46)47)51(40)24-6-23-48-42(52)26-32-7-3-2-4-8-32/h2-5,7-16,18-21,25,27H,6,17,22-24,26,28-30,45H2,1H3,(H3,46,47)(H,48,52). The summed E-state index contributed by atoms with van der Waals surface area (Å²) in [6.45, 7) is 2.44. The van der Waals surface area contributed by atoms with E-state index in [1.807, 2.05) is 126 Å². The number of amidine groups is 1. The lowest BCUT2D eigenvalue weighted by Crippen LogP contribution is -2.30. The number of benzene rings is 5. The number of amides is 2. The maximum Gasteiger partial charge on any atom is 0.254 e. The summed E-state index contributed by atoms with van der Waals surface area (Å²) in [5.41, 5.74) is 19.5. The van der Waals surface area contributed by atoms with E-state index >= 15 is 0 Å². The van der Waals surface area contributed by atoms with Crippen molar-refractivity contribution in [1.82, 2.24) is 19.8 Å². The van der Waals surface area contributed by atoms with Crippen molar-refractivity contribution in [3.8, 4) is 5.75 Å². The number of carbonyl (C=O) groups excluding carboxylic acids is 2. The largest absolute Gasteiger partial charge is 0.497 e.